The van der Waals surface area contributed by atoms with Crippen molar-refractivity contribution in [1.82, 2.24) is 0 Å². The van der Waals surface area contributed by atoms with Gasteiger partial charge in [-0.25, -0.2) is 4.39 Å². The van der Waals surface area contributed by atoms with Crippen LogP contribution in [0.3, 0.4) is 0 Å². The predicted molar refractivity (Wildman–Crippen MR) is 52.7 cm³/mol. The maximum Gasteiger partial charge on any atom is 0.134 e. The summed E-state index contributed by atoms with van der Waals surface area (Å²) < 4.78 is 18.1. The van der Waals surface area contributed by atoms with E-state index in [0.29, 0.717) is 12.4 Å². The van der Waals surface area contributed by atoms with Gasteiger partial charge in [-0.2, -0.15) is 0 Å². The van der Waals surface area contributed by atoms with E-state index >= 15 is 0 Å². The van der Waals surface area contributed by atoms with Gasteiger partial charge in [0.1, 0.15) is 11.6 Å². The van der Waals surface area contributed by atoms with E-state index in [1.54, 1.807) is 12.1 Å². The maximum absolute atomic E-state index is 12.7. The zero-order valence-corrected chi connectivity index (χ0v) is 8.13. The molecule has 0 amide bonds. The fourth-order valence-corrected chi connectivity index (χ4v) is 1.48. The first-order valence-electron chi connectivity index (χ1n) is 5.14. The summed E-state index contributed by atoms with van der Waals surface area (Å²) >= 11 is 0. The highest BCUT2D eigenvalue weighted by atomic mass is 19.1. The molecule has 0 unspecified atom stereocenters. The first-order chi connectivity index (χ1) is 6.84. The third kappa shape index (κ3) is 3.02. The Kier molecular flexibility index (Phi) is 3.02. The largest absolute Gasteiger partial charge is 0.493 e. The number of hydrogen-bond donors (Lipinski definition) is 0. The van der Waals surface area contributed by atoms with Crippen LogP contribution in [0.4, 0.5) is 4.39 Å². The molecule has 0 atom stereocenters. The highest BCUT2D eigenvalue weighted by Crippen LogP contribution is 2.33. The average molecular weight is 193 g/mol. The van der Waals surface area contributed by atoms with Gasteiger partial charge < -0.3 is 4.74 Å². The van der Waals surface area contributed by atoms with Gasteiger partial charge in [-0.05, 0) is 30.9 Å². The number of rotatable bonds is 5. The molecule has 0 spiro atoms. The first kappa shape index (κ1) is 9.50. The lowest BCUT2D eigenvalue weighted by Crippen LogP contribution is -1.97. The molecule has 0 bridgehead atoms. The van der Waals surface area contributed by atoms with Crippen molar-refractivity contribution in [3.8, 4) is 5.75 Å². The molecule has 1 aromatic rings. The van der Waals surface area contributed by atoms with Gasteiger partial charge in [0.2, 0.25) is 0 Å². The third-order valence-corrected chi connectivity index (χ3v) is 2.46. The van der Waals surface area contributed by atoms with Crippen molar-refractivity contribution in [2.24, 2.45) is 5.92 Å². The van der Waals surface area contributed by atoms with Gasteiger partial charge in [0.15, 0.2) is 0 Å². The first-order valence-corrected chi connectivity index (χ1v) is 5.14. The van der Waals surface area contributed by atoms with Gasteiger partial charge in [-0.3, -0.25) is 0 Å². The molecule has 1 saturated carbocycles. The summed E-state index contributed by atoms with van der Waals surface area (Å²) in [5.74, 6) is 1.20. The minimum absolute atomic E-state index is 0.357. The van der Waals surface area contributed by atoms with Crippen LogP contribution in [0.5, 0.6) is 5.75 Å². The number of hydrogen-bond acceptors (Lipinski definition) is 1. The van der Waals surface area contributed by atoms with E-state index in [4.69, 9.17) is 4.74 Å². The van der Waals surface area contributed by atoms with E-state index in [1.807, 2.05) is 0 Å². The second kappa shape index (κ2) is 4.45. The normalized spacial score (nSPS) is 15.5. The van der Waals surface area contributed by atoms with Crippen LogP contribution in [0.1, 0.15) is 25.7 Å². The van der Waals surface area contributed by atoms with Crippen LogP contribution in [0.2, 0.25) is 0 Å². The van der Waals surface area contributed by atoms with E-state index in [-0.39, 0.29) is 5.82 Å². The highest BCUT2D eigenvalue weighted by molar-refractivity contribution is 5.21. The van der Waals surface area contributed by atoms with Crippen molar-refractivity contribution in [1.29, 1.82) is 0 Å². The van der Waals surface area contributed by atoms with Gasteiger partial charge in [-0.1, -0.05) is 12.8 Å². The molecule has 1 aromatic carbocycles. The summed E-state index contributed by atoms with van der Waals surface area (Å²) in [7, 11) is 0. The summed E-state index contributed by atoms with van der Waals surface area (Å²) in [6.07, 6.45) is 5.09. The lowest BCUT2D eigenvalue weighted by Gasteiger charge is -2.04. The van der Waals surface area contributed by atoms with Crippen LogP contribution in [0.25, 0.3) is 0 Å². The molecule has 0 aliphatic heterocycles. The molecule has 1 nitrogen and oxygen atoms in total. The fourth-order valence-electron chi connectivity index (χ4n) is 1.48. The Balaban J connectivity index is 1.68. The van der Waals surface area contributed by atoms with Gasteiger partial charge in [-0.15, -0.1) is 0 Å². The van der Waals surface area contributed by atoms with Crippen molar-refractivity contribution in [2.45, 2.75) is 25.7 Å². The minimum Gasteiger partial charge on any atom is -0.493 e. The van der Waals surface area contributed by atoms with E-state index in [2.05, 4.69) is 6.07 Å². The lowest BCUT2D eigenvalue weighted by molar-refractivity contribution is 0.302. The minimum atomic E-state index is -0.357. The van der Waals surface area contributed by atoms with Gasteiger partial charge in [0.05, 0.1) is 6.61 Å². The molecule has 1 radical (unpaired) electrons. The van der Waals surface area contributed by atoms with Crippen LogP contribution in [0.15, 0.2) is 18.2 Å². The van der Waals surface area contributed by atoms with E-state index in [9.17, 15) is 4.39 Å². The van der Waals surface area contributed by atoms with Gasteiger partial charge in [0, 0.05) is 12.1 Å². The topological polar surface area (TPSA) is 9.23 Å². The van der Waals surface area contributed by atoms with E-state index < -0.39 is 0 Å². The van der Waals surface area contributed by atoms with Crippen LogP contribution < -0.4 is 4.74 Å². The Morgan fingerprint density at radius 1 is 1.50 bits per heavy atom. The van der Waals surface area contributed by atoms with E-state index in [1.165, 1.54) is 25.3 Å². The van der Waals surface area contributed by atoms with Gasteiger partial charge >= 0.3 is 0 Å². The monoisotopic (exact) mass is 193 g/mol. The number of halogens is 1. The second-order valence-electron chi connectivity index (χ2n) is 3.81. The van der Waals surface area contributed by atoms with Crippen molar-refractivity contribution in [3.05, 3.63) is 30.1 Å². The summed E-state index contributed by atoms with van der Waals surface area (Å²) in [5.41, 5.74) is 0. The predicted octanol–water partition coefficient (Wildman–Crippen LogP) is 3.19. The molecule has 14 heavy (non-hydrogen) atoms. The summed E-state index contributed by atoms with van der Waals surface area (Å²) in [6.45, 7) is 0.694. The smallest absolute Gasteiger partial charge is 0.134 e. The molecule has 1 aliphatic carbocycles. The van der Waals surface area contributed by atoms with Crippen molar-refractivity contribution < 1.29 is 9.13 Å². The molecule has 0 aromatic heterocycles. The van der Waals surface area contributed by atoms with Crippen LogP contribution >= 0.6 is 0 Å². The molecule has 0 heterocycles. The molecular weight excluding hydrogens is 179 g/mol. The molecular formula is C12H14FO. The SMILES string of the molecule is Fc1[c]ccc(OCCCC2CC2)c1. The molecule has 75 valence electrons. The van der Waals surface area contributed by atoms with Crippen LogP contribution in [-0.2, 0) is 0 Å². The Hall–Kier alpha value is -1.05. The summed E-state index contributed by atoms with van der Waals surface area (Å²) in [5, 5.41) is 0. The Labute approximate surface area is 83.9 Å². The van der Waals surface area contributed by atoms with Crippen LogP contribution in [-0.4, -0.2) is 6.61 Å². The lowest BCUT2D eigenvalue weighted by atomic mass is 10.2. The summed E-state index contributed by atoms with van der Waals surface area (Å²) in [4.78, 5) is 0. The molecule has 2 rings (SSSR count). The maximum atomic E-state index is 12.7. The third-order valence-electron chi connectivity index (χ3n) is 2.46. The molecule has 2 heteroatoms. The highest BCUT2D eigenvalue weighted by Gasteiger charge is 2.20. The number of ether oxygens (including phenoxy) is 1. The Bertz CT molecular complexity index is 294. The fraction of sp³-hybridized carbons (Fsp3) is 0.500. The zero-order valence-electron chi connectivity index (χ0n) is 8.13. The Morgan fingerprint density at radius 3 is 3.07 bits per heavy atom. The summed E-state index contributed by atoms with van der Waals surface area (Å²) in [6, 6.07) is 7.10. The molecule has 0 N–H and O–H groups in total. The average Bonchev–Trinajstić information content (AvgIpc) is 2.96. The van der Waals surface area contributed by atoms with Gasteiger partial charge in [0.25, 0.3) is 0 Å². The molecule has 1 fully saturated rings. The number of benzene rings is 1. The van der Waals surface area contributed by atoms with Crippen molar-refractivity contribution in [2.75, 3.05) is 6.61 Å². The van der Waals surface area contributed by atoms with Crippen molar-refractivity contribution >= 4 is 0 Å². The second-order valence-corrected chi connectivity index (χ2v) is 3.81. The van der Waals surface area contributed by atoms with E-state index in [0.717, 1.165) is 12.3 Å². The Morgan fingerprint density at radius 2 is 2.36 bits per heavy atom. The van der Waals surface area contributed by atoms with Crippen LogP contribution in [0, 0.1) is 17.8 Å². The zero-order chi connectivity index (χ0) is 9.80. The standard InChI is InChI=1S/C12H14FO/c13-11-4-1-5-12(9-11)14-8-2-3-10-6-7-10/h1,5,9-10H,2-3,6-8H2. The quantitative estimate of drug-likeness (QED) is 0.652. The molecule has 0 saturated heterocycles. The van der Waals surface area contributed by atoms with Crippen molar-refractivity contribution in [3.63, 3.8) is 0 Å². The molecule has 1 aliphatic rings.